The number of esters is 1. The first-order valence-electron chi connectivity index (χ1n) is 6.47. The van der Waals surface area contributed by atoms with E-state index in [9.17, 15) is 4.79 Å². The van der Waals surface area contributed by atoms with E-state index >= 15 is 0 Å². The molecule has 100 valence electrons. The van der Waals surface area contributed by atoms with Crippen LogP contribution < -0.4 is 5.32 Å². The van der Waals surface area contributed by atoms with Crippen molar-refractivity contribution in [3.8, 4) is 0 Å². The number of hydrogen-bond acceptors (Lipinski definition) is 4. The van der Waals surface area contributed by atoms with Gasteiger partial charge in [0.25, 0.3) is 0 Å². The third-order valence-corrected chi connectivity index (χ3v) is 3.83. The highest BCUT2D eigenvalue weighted by Crippen LogP contribution is 2.33. The van der Waals surface area contributed by atoms with Gasteiger partial charge in [0, 0.05) is 13.7 Å². The number of rotatable bonds is 6. The number of nitrogens with one attached hydrogen (secondary N) is 1. The lowest BCUT2D eigenvalue weighted by molar-refractivity contribution is -0.151. The van der Waals surface area contributed by atoms with E-state index in [4.69, 9.17) is 9.47 Å². The molecule has 1 rings (SSSR count). The average Bonchev–Trinajstić information content (AvgIpc) is 2.39. The molecule has 1 saturated carbocycles. The molecule has 1 unspecified atom stereocenters. The van der Waals surface area contributed by atoms with E-state index in [0.29, 0.717) is 19.1 Å². The van der Waals surface area contributed by atoms with Gasteiger partial charge in [-0.2, -0.15) is 0 Å². The summed E-state index contributed by atoms with van der Waals surface area (Å²) in [5.41, 5.74) is -0.562. The zero-order valence-corrected chi connectivity index (χ0v) is 11.3. The van der Waals surface area contributed by atoms with E-state index in [1.165, 1.54) is 26.4 Å². The number of carbonyl (C=O) groups is 1. The van der Waals surface area contributed by atoms with E-state index in [1.807, 2.05) is 6.92 Å². The highest BCUT2D eigenvalue weighted by molar-refractivity contribution is 5.80. The van der Waals surface area contributed by atoms with Crippen LogP contribution in [0.3, 0.4) is 0 Å². The Morgan fingerprint density at radius 3 is 2.47 bits per heavy atom. The minimum absolute atomic E-state index is 0.152. The van der Waals surface area contributed by atoms with Crippen LogP contribution in [0.1, 0.15) is 39.0 Å². The molecule has 0 aromatic rings. The molecule has 17 heavy (non-hydrogen) atoms. The molecule has 0 saturated heterocycles. The van der Waals surface area contributed by atoms with Crippen LogP contribution >= 0.6 is 0 Å². The van der Waals surface area contributed by atoms with Gasteiger partial charge in [-0.1, -0.05) is 19.3 Å². The Morgan fingerprint density at radius 1 is 1.29 bits per heavy atom. The highest BCUT2D eigenvalue weighted by Gasteiger charge is 2.42. The predicted octanol–water partition coefficient (Wildman–Crippen LogP) is 1.73. The predicted molar refractivity (Wildman–Crippen MR) is 66.9 cm³/mol. The first-order valence-corrected chi connectivity index (χ1v) is 6.47. The van der Waals surface area contributed by atoms with Crippen molar-refractivity contribution in [2.75, 3.05) is 27.4 Å². The van der Waals surface area contributed by atoms with E-state index in [1.54, 1.807) is 7.11 Å². The molecule has 0 amide bonds. The largest absolute Gasteiger partial charge is 0.468 e. The Bertz CT molecular complexity index is 239. The van der Waals surface area contributed by atoms with Gasteiger partial charge in [0.1, 0.15) is 5.54 Å². The molecule has 0 aliphatic heterocycles. The molecule has 1 aliphatic rings. The molecular weight excluding hydrogens is 218 g/mol. The van der Waals surface area contributed by atoms with Crippen LogP contribution in [-0.2, 0) is 14.3 Å². The SMILES string of the molecule is COCCNC(C)(C(=O)OC)C1CCCCC1. The molecule has 1 atom stereocenters. The van der Waals surface area contributed by atoms with E-state index in [-0.39, 0.29) is 5.97 Å². The summed E-state index contributed by atoms with van der Waals surface area (Å²) >= 11 is 0. The van der Waals surface area contributed by atoms with Gasteiger partial charge in [0.2, 0.25) is 0 Å². The molecular formula is C13H25NO3. The van der Waals surface area contributed by atoms with Crippen molar-refractivity contribution in [2.24, 2.45) is 5.92 Å². The molecule has 0 radical (unpaired) electrons. The van der Waals surface area contributed by atoms with Crippen molar-refractivity contribution in [3.63, 3.8) is 0 Å². The molecule has 0 aromatic carbocycles. The minimum Gasteiger partial charge on any atom is -0.468 e. The summed E-state index contributed by atoms with van der Waals surface area (Å²) in [5.74, 6) is 0.223. The maximum absolute atomic E-state index is 12.0. The van der Waals surface area contributed by atoms with Crippen LogP contribution in [0.4, 0.5) is 0 Å². The monoisotopic (exact) mass is 243 g/mol. The lowest BCUT2D eigenvalue weighted by atomic mass is 9.75. The minimum atomic E-state index is -0.562. The first kappa shape index (κ1) is 14.5. The summed E-state index contributed by atoms with van der Waals surface area (Å²) < 4.78 is 9.98. The molecule has 0 spiro atoms. The fourth-order valence-corrected chi connectivity index (χ4v) is 2.69. The lowest BCUT2D eigenvalue weighted by Crippen LogP contribution is -2.56. The van der Waals surface area contributed by atoms with Gasteiger partial charge in [0.05, 0.1) is 13.7 Å². The van der Waals surface area contributed by atoms with Crippen molar-refractivity contribution in [1.29, 1.82) is 0 Å². The van der Waals surface area contributed by atoms with Crippen LogP contribution in [0.5, 0.6) is 0 Å². The first-order chi connectivity index (χ1) is 8.15. The Morgan fingerprint density at radius 2 is 1.94 bits per heavy atom. The normalized spacial score (nSPS) is 20.9. The Hall–Kier alpha value is -0.610. The van der Waals surface area contributed by atoms with E-state index in [2.05, 4.69) is 5.32 Å². The summed E-state index contributed by atoms with van der Waals surface area (Å²) in [4.78, 5) is 12.0. The van der Waals surface area contributed by atoms with Gasteiger partial charge in [-0.25, -0.2) is 0 Å². The van der Waals surface area contributed by atoms with Crippen molar-refractivity contribution < 1.29 is 14.3 Å². The zero-order chi connectivity index (χ0) is 12.7. The van der Waals surface area contributed by atoms with Gasteiger partial charge in [-0.05, 0) is 25.7 Å². The van der Waals surface area contributed by atoms with Gasteiger partial charge >= 0.3 is 5.97 Å². The lowest BCUT2D eigenvalue weighted by Gasteiger charge is -2.38. The molecule has 0 bridgehead atoms. The van der Waals surface area contributed by atoms with Gasteiger partial charge < -0.3 is 9.47 Å². The maximum Gasteiger partial charge on any atom is 0.326 e. The smallest absolute Gasteiger partial charge is 0.326 e. The Balaban J connectivity index is 2.65. The molecule has 0 heterocycles. The number of methoxy groups -OCH3 is 2. The van der Waals surface area contributed by atoms with E-state index < -0.39 is 5.54 Å². The van der Waals surface area contributed by atoms with Gasteiger partial charge in [-0.15, -0.1) is 0 Å². The summed E-state index contributed by atoms with van der Waals surface area (Å²) in [5, 5.41) is 3.32. The van der Waals surface area contributed by atoms with E-state index in [0.717, 1.165) is 12.8 Å². The van der Waals surface area contributed by atoms with Crippen LogP contribution in [-0.4, -0.2) is 38.9 Å². The Labute approximate surface area is 104 Å². The van der Waals surface area contributed by atoms with Gasteiger partial charge in [-0.3, -0.25) is 10.1 Å². The molecule has 1 N–H and O–H groups in total. The second-order valence-electron chi connectivity index (χ2n) is 4.95. The molecule has 0 aromatic heterocycles. The van der Waals surface area contributed by atoms with Crippen molar-refractivity contribution in [2.45, 2.75) is 44.6 Å². The van der Waals surface area contributed by atoms with Crippen molar-refractivity contribution in [1.82, 2.24) is 5.32 Å². The molecule has 1 aliphatic carbocycles. The van der Waals surface area contributed by atoms with Crippen molar-refractivity contribution in [3.05, 3.63) is 0 Å². The topological polar surface area (TPSA) is 47.6 Å². The summed E-state index contributed by atoms with van der Waals surface area (Å²) in [6.07, 6.45) is 5.91. The van der Waals surface area contributed by atoms with Crippen LogP contribution in [0.15, 0.2) is 0 Å². The average molecular weight is 243 g/mol. The standard InChI is InChI=1S/C13H25NO3/c1-13(12(15)17-3,14-9-10-16-2)11-7-5-4-6-8-11/h11,14H,4-10H2,1-3H3. The number of carbonyl (C=O) groups excluding carboxylic acids is 1. The number of ether oxygens (including phenoxy) is 2. The fourth-order valence-electron chi connectivity index (χ4n) is 2.69. The number of hydrogen-bond donors (Lipinski definition) is 1. The summed E-state index contributed by atoms with van der Waals surface area (Å²) in [6, 6.07) is 0. The highest BCUT2D eigenvalue weighted by atomic mass is 16.5. The van der Waals surface area contributed by atoms with Crippen LogP contribution in [0.2, 0.25) is 0 Å². The summed E-state index contributed by atoms with van der Waals surface area (Å²) in [6.45, 7) is 3.25. The van der Waals surface area contributed by atoms with Crippen molar-refractivity contribution >= 4 is 5.97 Å². The second kappa shape index (κ2) is 6.97. The van der Waals surface area contributed by atoms with Crippen LogP contribution in [0.25, 0.3) is 0 Å². The summed E-state index contributed by atoms with van der Waals surface area (Å²) in [7, 11) is 3.12. The van der Waals surface area contributed by atoms with Crippen LogP contribution in [0, 0.1) is 5.92 Å². The molecule has 4 heteroatoms. The quantitative estimate of drug-likeness (QED) is 0.570. The third kappa shape index (κ3) is 3.68. The fraction of sp³-hybridized carbons (Fsp3) is 0.923. The van der Waals surface area contributed by atoms with Gasteiger partial charge in [0.15, 0.2) is 0 Å². The maximum atomic E-state index is 12.0. The second-order valence-corrected chi connectivity index (χ2v) is 4.95. The molecule has 1 fully saturated rings. The zero-order valence-electron chi connectivity index (χ0n) is 11.3. The Kier molecular flexibility index (Phi) is 5.92. The molecule has 4 nitrogen and oxygen atoms in total. The third-order valence-electron chi connectivity index (χ3n) is 3.83.